The zero-order valence-corrected chi connectivity index (χ0v) is 30.2. The van der Waals surface area contributed by atoms with E-state index in [-0.39, 0.29) is 82.5 Å². The number of Topliss-reactive ketones (excluding diaryl/α,β-unsaturated/α-hetero) is 1. The number of nitrogens with two attached hydrogens (primary N) is 3. The van der Waals surface area contributed by atoms with Crippen LogP contribution in [0.1, 0.15) is 38.2 Å². The second-order valence-corrected chi connectivity index (χ2v) is 11.8. The SMILES string of the molecule is COCCNC(=O)CCN1C(=O)CC(SC[C@H](NC(=O)[C@@H](N)CCCNC(=O)Oc2ccc(C[C@H](N)C(C)=O)cc2)C(N)=O)C1=O.[Y]. The van der Waals surface area contributed by atoms with E-state index in [1.807, 2.05) is 0 Å². The third kappa shape index (κ3) is 15.2. The third-order valence-electron chi connectivity index (χ3n) is 6.93. The average Bonchev–Trinajstić information content (AvgIpc) is 3.28. The number of nitrogens with one attached hydrogen (secondary N) is 3. The minimum atomic E-state index is -1.15. The number of primary amides is 1. The Morgan fingerprint density at radius 1 is 1.04 bits per heavy atom. The minimum Gasteiger partial charge on any atom is -0.410 e. The van der Waals surface area contributed by atoms with Crippen molar-refractivity contribution in [3.05, 3.63) is 29.8 Å². The molecule has 1 radical (unpaired) electrons. The summed E-state index contributed by atoms with van der Waals surface area (Å²) in [6.07, 6.45) is -0.0144. The summed E-state index contributed by atoms with van der Waals surface area (Å²) in [4.78, 5) is 86.0. The van der Waals surface area contributed by atoms with E-state index in [9.17, 15) is 33.6 Å². The summed E-state index contributed by atoms with van der Waals surface area (Å²) < 4.78 is 10.1. The number of hydrogen-bond donors (Lipinski definition) is 6. The Bertz CT molecular complexity index is 1250. The van der Waals surface area contributed by atoms with Gasteiger partial charge in [0.1, 0.15) is 17.6 Å². The van der Waals surface area contributed by atoms with Crippen LogP contribution < -0.4 is 37.9 Å². The molecule has 1 aliphatic rings. The summed E-state index contributed by atoms with van der Waals surface area (Å²) >= 11 is 1.00. The number of amides is 6. The molecule has 1 aromatic rings. The van der Waals surface area contributed by atoms with Crippen molar-refractivity contribution in [1.82, 2.24) is 20.9 Å². The molecular weight excluding hydrogens is 711 g/mol. The first-order valence-corrected chi connectivity index (χ1v) is 15.7. The number of nitrogens with zero attached hydrogens (tertiary/aromatic N) is 1. The van der Waals surface area contributed by atoms with Crippen molar-refractivity contribution in [3.8, 4) is 5.75 Å². The normalized spacial score (nSPS) is 16.0. The van der Waals surface area contributed by atoms with Crippen LogP contribution >= 0.6 is 11.8 Å². The molecule has 2 rings (SSSR count). The molecule has 257 valence electrons. The van der Waals surface area contributed by atoms with E-state index in [0.29, 0.717) is 31.7 Å². The van der Waals surface area contributed by atoms with Gasteiger partial charge in [-0.15, -0.1) is 11.8 Å². The Morgan fingerprint density at radius 3 is 2.34 bits per heavy atom. The van der Waals surface area contributed by atoms with Crippen molar-refractivity contribution >= 4 is 53.2 Å². The van der Waals surface area contributed by atoms with Crippen LogP contribution in [0.4, 0.5) is 4.79 Å². The largest absolute Gasteiger partial charge is 0.412 e. The van der Waals surface area contributed by atoms with Crippen LogP contribution in [0.25, 0.3) is 0 Å². The van der Waals surface area contributed by atoms with Gasteiger partial charge in [-0.1, -0.05) is 12.1 Å². The van der Waals surface area contributed by atoms with Crippen molar-refractivity contribution in [2.45, 2.75) is 62.4 Å². The number of thioether (sulfide) groups is 1. The standard InChI is InChI=1S/C29H43N7O9S.Y/c1-17(37)21(31)14-18-5-7-19(8-6-18)45-29(43)34-10-3-4-20(30)27(41)35-22(26(32)40)16-46-23-15-25(39)36(28(23)42)12-9-24(38)33-11-13-44-2;/h5-8,20-23H,3-4,9-16,30-31H2,1-2H3,(H2,32,40)(H,33,38)(H,34,43)(H,35,41);/t20-,21-,22-,23?;/m0./s1. The number of methoxy groups -OCH3 is 1. The summed E-state index contributed by atoms with van der Waals surface area (Å²) in [6, 6.07) is 3.81. The molecule has 1 heterocycles. The van der Waals surface area contributed by atoms with Gasteiger partial charge in [-0.05, 0) is 43.9 Å². The maximum atomic E-state index is 12.7. The van der Waals surface area contributed by atoms with Crippen molar-refractivity contribution in [2.24, 2.45) is 17.2 Å². The van der Waals surface area contributed by atoms with Gasteiger partial charge < -0.3 is 42.6 Å². The molecule has 6 amide bonds. The molecule has 1 unspecified atom stereocenters. The number of carbonyl (C=O) groups is 7. The molecule has 47 heavy (non-hydrogen) atoms. The minimum absolute atomic E-state index is 0. The Hall–Kier alpha value is -2.96. The molecule has 18 heteroatoms. The Kier molecular flexibility index (Phi) is 19.5. The van der Waals surface area contributed by atoms with E-state index < -0.39 is 53.1 Å². The third-order valence-corrected chi connectivity index (χ3v) is 8.22. The Labute approximate surface area is 302 Å². The Balaban J connectivity index is 0.0000110. The molecule has 1 saturated heterocycles. The molecule has 0 aromatic heterocycles. The zero-order valence-electron chi connectivity index (χ0n) is 26.5. The maximum absolute atomic E-state index is 12.7. The summed E-state index contributed by atoms with van der Waals surface area (Å²) in [5.41, 5.74) is 18.0. The quantitative estimate of drug-likeness (QED) is 0.0645. The summed E-state index contributed by atoms with van der Waals surface area (Å²) in [5.74, 6) is -2.63. The van der Waals surface area contributed by atoms with Gasteiger partial charge in [0.15, 0.2) is 0 Å². The Morgan fingerprint density at radius 2 is 1.72 bits per heavy atom. The van der Waals surface area contributed by atoms with Crippen LogP contribution in [0.5, 0.6) is 5.75 Å². The predicted molar refractivity (Wildman–Crippen MR) is 168 cm³/mol. The molecule has 1 aliphatic heterocycles. The summed E-state index contributed by atoms with van der Waals surface area (Å²) in [6.45, 7) is 2.15. The number of imide groups is 1. The monoisotopic (exact) mass is 754 g/mol. The molecule has 0 aliphatic carbocycles. The zero-order chi connectivity index (χ0) is 34.2. The first kappa shape index (κ1) is 42.1. The number of benzene rings is 1. The topological polar surface area (TPSA) is 255 Å². The molecule has 0 bridgehead atoms. The molecule has 4 atom stereocenters. The van der Waals surface area contributed by atoms with Crippen LogP contribution in [0.3, 0.4) is 0 Å². The van der Waals surface area contributed by atoms with Crippen LogP contribution in [0.15, 0.2) is 24.3 Å². The van der Waals surface area contributed by atoms with Crippen LogP contribution in [0, 0.1) is 0 Å². The maximum Gasteiger partial charge on any atom is 0.412 e. The number of likely N-dealkylation sites (tertiary alicyclic amines) is 1. The van der Waals surface area contributed by atoms with E-state index in [4.69, 9.17) is 26.7 Å². The van der Waals surface area contributed by atoms with Gasteiger partial charge in [0.05, 0.1) is 23.9 Å². The van der Waals surface area contributed by atoms with E-state index in [0.717, 1.165) is 22.2 Å². The first-order valence-electron chi connectivity index (χ1n) is 14.7. The molecule has 1 fully saturated rings. The fourth-order valence-corrected chi connectivity index (χ4v) is 5.38. The second-order valence-electron chi connectivity index (χ2n) is 10.6. The van der Waals surface area contributed by atoms with Crippen molar-refractivity contribution < 1.29 is 75.7 Å². The summed E-state index contributed by atoms with van der Waals surface area (Å²) in [7, 11) is 1.50. The molecule has 0 spiro atoms. The van der Waals surface area contributed by atoms with Gasteiger partial charge in [-0.3, -0.25) is 33.7 Å². The average molecular weight is 755 g/mol. The number of hydrogen-bond acceptors (Lipinski definition) is 12. The molecule has 1 aromatic carbocycles. The summed E-state index contributed by atoms with van der Waals surface area (Å²) in [5, 5.41) is 6.85. The van der Waals surface area contributed by atoms with Crippen LogP contribution in [0.2, 0.25) is 0 Å². The number of carbonyl (C=O) groups excluding carboxylic acids is 7. The van der Waals surface area contributed by atoms with E-state index in [2.05, 4.69) is 16.0 Å². The van der Waals surface area contributed by atoms with Crippen LogP contribution in [-0.4, -0.2) is 109 Å². The first-order chi connectivity index (χ1) is 21.8. The fraction of sp³-hybridized carbons (Fsp3) is 0.552. The smallest absolute Gasteiger partial charge is 0.410 e. The van der Waals surface area contributed by atoms with E-state index in [1.165, 1.54) is 14.0 Å². The van der Waals surface area contributed by atoms with Gasteiger partial charge in [0.25, 0.3) is 0 Å². The molecule has 9 N–H and O–H groups in total. The second kappa shape index (κ2) is 21.8. The van der Waals surface area contributed by atoms with E-state index in [1.54, 1.807) is 24.3 Å². The molecular formula is C29H43N7O9SY. The number of ketones is 1. The van der Waals surface area contributed by atoms with Crippen LogP contribution in [-0.2, 0) is 72.6 Å². The van der Waals surface area contributed by atoms with Crippen molar-refractivity contribution in [1.29, 1.82) is 0 Å². The van der Waals surface area contributed by atoms with Gasteiger partial charge in [-0.25, -0.2) is 4.79 Å². The van der Waals surface area contributed by atoms with Gasteiger partial charge in [0.2, 0.25) is 29.5 Å². The van der Waals surface area contributed by atoms with Gasteiger partial charge in [-0.2, -0.15) is 0 Å². The van der Waals surface area contributed by atoms with Crippen molar-refractivity contribution in [3.63, 3.8) is 0 Å². The van der Waals surface area contributed by atoms with Gasteiger partial charge >= 0.3 is 6.09 Å². The van der Waals surface area contributed by atoms with Crippen molar-refractivity contribution in [2.75, 3.05) is 39.1 Å². The van der Waals surface area contributed by atoms with E-state index >= 15 is 0 Å². The fourth-order valence-electron chi connectivity index (χ4n) is 4.18. The number of rotatable bonds is 20. The number of ether oxygens (including phenoxy) is 2. The van der Waals surface area contributed by atoms with Gasteiger partial charge in [0, 0.05) is 78.0 Å². The molecule has 16 nitrogen and oxygen atoms in total. The predicted octanol–water partition coefficient (Wildman–Crippen LogP) is -1.68. The molecule has 0 saturated carbocycles.